The number of fused-ring (bicyclic) bond motifs is 1. The van der Waals surface area contributed by atoms with Gasteiger partial charge in [0, 0.05) is 6.26 Å². The summed E-state index contributed by atoms with van der Waals surface area (Å²) in [6.07, 6.45) is -3.66. The fourth-order valence-corrected chi connectivity index (χ4v) is 4.10. The van der Waals surface area contributed by atoms with Gasteiger partial charge in [0.05, 0.1) is 31.8 Å². The zero-order valence-corrected chi connectivity index (χ0v) is 16.2. The number of benzene rings is 2. The molecular weight excluding hydrogens is 431 g/mol. The lowest BCUT2D eigenvalue weighted by Crippen LogP contribution is -2.21. The van der Waals surface area contributed by atoms with Crippen LogP contribution in [0.3, 0.4) is 0 Å². The monoisotopic (exact) mass is 443 g/mol. The number of halogens is 3. The van der Waals surface area contributed by atoms with Crippen LogP contribution >= 0.6 is 11.3 Å². The number of hydrogen-bond donors (Lipinski definition) is 2. The van der Waals surface area contributed by atoms with Gasteiger partial charge in [0.15, 0.2) is 15.0 Å². The number of amides is 2. The molecule has 3 rings (SSSR count). The Morgan fingerprint density at radius 3 is 2.38 bits per heavy atom. The highest BCUT2D eigenvalue weighted by Crippen LogP contribution is 2.32. The van der Waals surface area contributed by atoms with Crippen LogP contribution < -0.4 is 11.1 Å². The van der Waals surface area contributed by atoms with Gasteiger partial charge in [-0.15, -0.1) is 0 Å². The Bertz CT molecular complexity index is 1250. The average Bonchev–Trinajstić information content (AvgIpc) is 3.00. The molecule has 7 nitrogen and oxygen atoms in total. The van der Waals surface area contributed by atoms with Crippen molar-refractivity contribution in [1.29, 1.82) is 0 Å². The van der Waals surface area contributed by atoms with Gasteiger partial charge in [-0.1, -0.05) is 11.3 Å². The summed E-state index contributed by atoms with van der Waals surface area (Å²) >= 11 is 0.969. The molecule has 0 atom stereocenters. The Labute approximate surface area is 166 Å². The second kappa shape index (κ2) is 7.12. The van der Waals surface area contributed by atoms with Gasteiger partial charge in [-0.05, 0) is 36.4 Å². The van der Waals surface area contributed by atoms with Crippen LogP contribution in [0.15, 0.2) is 41.3 Å². The third kappa shape index (κ3) is 4.38. The number of nitrogens with two attached hydrogens (primary N) is 1. The largest absolute Gasteiger partial charge is 0.416 e. The number of nitrogens with one attached hydrogen (secondary N) is 1. The van der Waals surface area contributed by atoms with E-state index >= 15 is 0 Å². The first-order chi connectivity index (χ1) is 13.4. The second-order valence-electron chi connectivity index (χ2n) is 6.00. The molecule has 1 aromatic heterocycles. The molecule has 0 saturated heterocycles. The topological polar surface area (TPSA) is 119 Å². The summed E-state index contributed by atoms with van der Waals surface area (Å²) in [5.41, 5.74) is 3.49. The number of hydrogen-bond acceptors (Lipinski definition) is 6. The van der Waals surface area contributed by atoms with E-state index in [1.54, 1.807) is 0 Å². The average molecular weight is 443 g/mol. The minimum atomic E-state index is -4.70. The Hall–Kier alpha value is -2.99. The highest BCUT2D eigenvalue weighted by atomic mass is 32.2. The summed E-state index contributed by atoms with van der Waals surface area (Å²) in [7, 11) is -3.43. The molecule has 12 heteroatoms. The first kappa shape index (κ1) is 20.7. The number of alkyl halides is 3. The molecule has 0 bridgehead atoms. The number of carbonyl (C=O) groups excluding carboxylic acids is 2. The molecule has 0 spiro atoms. The predicted octanol–water partition coefficient (Wildman–Crippen LogP) is 3.07. The molecule has 29 heavy (non-hydrogen) atoms. The van der Waals surface area contributed by atoms with Crippen molar-refractivity contribution in [2.45, 2.75) is 11.1 Å². The van der Waals surface area contributed by atoms with Crippen molar-refractivity contribution in [2.24, 2.45) is 5.73 Å². The van der Waals surface area contributed by atoms with Crippen molar-refractivity contribution in [3.05, 3.63) is 53.1 Å². The van der Waals surface area contributed by atoms with Crippen LogP contribution in [0.4, 0.5) is 18.3 Å². The van der Waals surface area contributed by atoms with Gasteiger partial charge < -0.3 is 5.73 Å². The van der Waals surface area contributed by atoms with Crippen LogP contribution in [0.25, 0.3) is 10.2 Å². The van der Waals surface area contributed by atoms with Gasteiger partial charge in [0.2, 0.25) is 5.91 Å². The highest BCUT2D eigenvalue weighted by molar-refractivity contribution is 7.90. The van der Waals surface area contributed by atoms with E-state index in [1.165, 1.54) is 18.2 Å². The van der Waals surface area contributed by atoms with Gasteiger partial charge >= 0.3 is 6.18 Å². The van der Waals surface area contributed by atoms with Crippen LogP contribution in [0.5, 0.6) is 0 Å². The zero-order valence-electron chi connectivity index (χ0n) is 14.6. The molecule has 3 N–H and O–H groups in total. The van der Waals surface area contributed by atoms with E-state index in [-0.39, 0.29) is 15.6 Å². The summed E-state index contributed by atoms with van der Waals surface area (Å²) in [6.45, 7) is 0. The van der Waals surface area contributed by atoms with Crippen molar-refractivity contribution < 1.29 is 31.2 Å². The third-order valence-electron chi connectivity index (χ3n) is 3.87. The van der Waals surface area contributed by atoms with Crippen LogP contribution in [-0.2, 0) is 16.0 Å². The molecule has 0 saturated carbocycles. The van der Waals surface area contributed by atoms with Crippen molar-refractivity contribution in [3.8, 4) is 0 Å². The SMILES string of the molecule is CS(=O)(=O)c1ccc2nc(NC(=O)c3ccc(C(F)(F)F)cc3C(N)=O)sc2c1. The first-order valence-electron chi connectivity index (χ1n) is 7.79. The summed E-state index contributed by atoms with van der Waals surface area (Å²) in [4.78, 5) is 28.2. The number of primary amides is 1. The number of aromatic nitrogens is 1. The second-order valence-corrected chi connectivity index (χ2v) is 9.04. The Kier molecular flexibility index (Phi) is 5.09. The van der Waals surface area contributed by atoms with Crippen LogP contribution in [0.2, 0.25) is 0 Å². The molecule has 0 aliphatic rings. The third-order valence-corrected chi connectivity index (χ3v) is 5.91. The summed E-state index contributed by atoms with van der Waals surface area (Å²) in [5, 5.41) is 2.46. The Morgan fingerprint density at radius 2 is 1.79 bits per heavy atom. The summed E-state index contributed by atoms with van der Waals surface area (Å²) < 4.78 is 62.3. The van der Waals surface area contributed by atoms with Gasteiger partial charge in [0.1, 0.15) is 0 Å². The predicted molar refractivity (Wildman–Crippen MR) is 101 cm³/mol. The summed E-state index contributed by atoms with van der Waals surface area (Å²) in [5.74, 6) is -2.07. The lowest BCUT2D eigenvalue weighted by Gasteiger charge is -2.11. The number of carbonyl (C=O) groups is 2. The number of anilines is 1. The number of thiazole rings is 1. The molecule has 0 unspecified atom stereocenters. The molecule has 0 fully saturated rings. The number of nitrogens with zero attached hydrogens (tertiary/aromatic N) is 1. The van der Waals surface area contributed by atoms with Crippen molar-refractivity contribution in [3.63, 3.8) is 0 Å². The smallest absolute Gasteiger partial charge is 0.366 e. The first-order valence-corrected chi connectivity index (χ1v) is 10.5. The van der Waals surface area contributed by atoms with Crippen molar-refractivity contribution in [1.82, 2.24) is 4.98 Å². The van der Waals surface area contributed by atoms with Crippen LogP contribution in [0, 0.1) is 0 Å². The Balaban J connectivity index is 1.95. The van der Waals surface area contributed by atoms with E-state index in [0.29, 0.717) is 22.3 Å². The maximum Gasteiger partial charge on any atom is 0.416 e. The number of sulfone groups is 1. The molecule has 0 radical (unpaired) electrons. The fourth-order valence-electron chi connectivity index (χ4n) is 2.48. The lowest BCUT2D eigenvalue weighted by atomic mass is 10.0. The van der Waals surface area contributed by atoms with E-state index < -0.39 is 39.0 Å². The van der Waals surface area contributed by atoms with Crippen LogP contribution in [0.1, 0.15) is 26.3 Å². The molecule has 1 heterocycles. The molecule has 152 valence electrons. The van der Waals surface area contributed by atoms with Crippen LogP contribution in [-0.4, -0.2) is 31.5 Å². The maximum atomic E-state index is 12.8. The lowest BCUT2D eigenvalue weighted by molar-refractivity contribution is -0.137. The van der Waals surface area contributed by atoms with Gasteiger partial charge in [-0.2, -0.15) is 13.2 Å². The van der Waals surface area contributed by atoms with Gasteiger partial charge in [-0.3, -0.25) is 14.9 Å². The Morgan fingerprint density at radius 1 is 1.10 bits per heavy atom. The normalized spacial score (nSPS) is 12.1. The fraction of sp³-hybridized carbons (Fsp3) is 0.118. The van der Waals surface area contributed by atoms with Gasteiger partial charge in [0.25, 0.3) is 5.91 Å². The quantitative estimate of drug-likeness (QED) is 0.642. The van der Waals surface area contributed by atoms with Crippen molar-refractivity contribution in [2.75, 3.05) is 11.6 Å². The summed E-state index contributed by atoms with van der Waals surface area (Å²) in [6, 6.07) is 6.25. The van der Waals surface area contributed by atoms with Gasteiger partial charge in [-0.25, -0.2) is 13.4 Å². The van der Waals surface area contributed by atoms with E-state index in [4.69, 9.17) is 5.73 Å². The maximum absolute atomic E-state index is 12.8. The number of rotatable bonds is 4. The minimum Gasteiger partial charge on any atom is -0.366 e. The van der Waals surface area contributed by atoms with E-state index in [9.17, 15) is 31.2 Å². The highest BCUT2D eigenvalue weighted by Gasteiger charge is 2.32. The van der Waals surface area contributed by atoms with E-state index in [1.807, 2.05) is 0 Å². The molecule has 2 amide bonds. The molecule has 0 aliphatic carbocycles. The molecular formula is C17H12F3N3O4S2. The molecule has 3 aromatic rings. The van der Waals surface area contributed by atoms with E-state index in [0.717, 1.165) is 23.7 Å². The minimum absolute atomic E-state index is 0.0743. The molecule has 0 aliphatic heterocycles. The molecule has 2 aromatic carbocycles. The standard InChI is InChI=1S/C17H12F3N3O4S2/c1-29(26,27)9-3-5-12-13(7-9)28-16(22-12)23-15(25)10-4-2-8(17(18,19)20)6-11(10)14(21)24/h2-7H,1H3,(H2,21,24)(H,22,23,25). The zero-order chi connectivity index (χ0) is 21.6. The van der Waals surface area contributed by atoms with Crippen molar-refractivity contribution >= 4 is 48.3 Å². The van der Waals surface area contributed by atoms with E-state index in [2.05, 4.69) is 10.3 Å².